The minimum atomic E-state index is -0.568. The van der Waals surface area contributed by atoms with Crippen LogP contribution in [-0.2, 0) is 6.54 Å². The van der Waals surface area contributed by atoms with E-state index in [0.717, 1.165) is 10.7 Å². The number of nitro groups is 1. The molecular formula is C12H13N5O3S. The monoisotopic (exact) mass is 307 g/mol. The van der Waals surface area contributed by atoms with Gasteiger partial charge >= 0.3 is 0 Å². The van der Waals surface area contributed by atoms with Crippen molar-refractivity contribution in [2.45, 2.75) is 13.5 Å². The molecule has 0 radical (unpaired) electrons. The Labute approximate surface area is 124 Å². The van der Waals surface area contributed by atoms with Crippen LogP contribution >= 0.6 is 11.3 Å². The fourth-order valence-corrected chi connectivity index (χ4v) is 2.41. The van der Waals surface area contributed by atoms with Crippen LogP contribution in [0.4, 0.5) is 11.4 Å². The molecule has 9 heteroatoms. The number of aromatic nitrogens is 1. The third-order valence-electron chi connectivity index (χ3n) is 2.68. The first-order valence-electron chi connectivity index (χ1n) is 5.95. The van der Waals surface area contributed by atoms with Gasteiger partial charge in [-0.15, -0.1) is 11.3 Å². The summed E-state index contributed by atoms with van der Waals surface area (Å²) in [6, 6.07) is 3.84. The molecule has 0 fully saturated rings. The Balaban J connectivity index is 2.17. The second-order valence-corrected chi connectivity index (χ2v) is 5.14. The van der Waals surface area contributed by atoms with E-state index in [1.54, 1.807) is 0 Å². The van der Waals surface area contributed by atoms with Crippen LogP contribution in [0.1, 0.15) is 21.1 Å². The SMILES string of the molecule is Cc1csc(CNC(=O)c2cc([N+](=O)[O-])ccc2NN)n1. The molecule has 4 N–H and O–H groups in total. The molecule has 2 aromatic rings. The molecule has 1 aromatic heterocycles. The number of hydrogen-bond donors (Lipinski definition) is 3. The van der Waals surface area contributed by atoms with Crippen molar-refractivity contribution in [2.24, 2.45) is 5.84 Å². The normalized spacial score (nSPS) is 10.2. The molecule has 0 bridgehead atoms. The van der Waals surface area contributed by atoms with Gasteiger partial charge in [0, 0.05) is 23.2 Å². The number of nitrogens with one attached hydrogen (secondary N) is 2. The second-order valence-electron chi connectivity index (χ2n) is 4.20. The first-order valence-corrected chi connectivity index (χ1v) is 6.83. The average molecular weight is 307 g/mol. The highest BCUT2D eigenvalue weighted by Gasteiger charge is 2.16. The van der Waals surface area contributed by atoms with Crippen molar-refractivity contribution in [3.63, 3.8) is 0 Å². The number of rotatable bonds is 5. The molecule has 1 amide bonds. The number of aryl methyl sites for hydroxylation is 1. The molecule has 1 aromatic carbocycles. The third-order valence-corrected chi connectivity index (χ3v) is 3.65. The fraction of sp³-hybridized carbons (Fsp3) is 0.167. The molecule has 0 aliphatic heterocycles. The summed E-state index contributed by atoms with van der Waals surface area (Å²) >= 11 is 1.43. The molecule has 0 spiro atoms. The predicted molar refractivity (Wildman–Crippen MR) is 78.9 cm³/mol. The largest absolute Gasteiger partial charge is 0.345 e. The Morgan fingerprint density at radius 3 is 2.86 bits per heavy atom. The number of nitrogens with two attached hydrogens (primary N) is 1. The molecule has 0 atom stereocenters. The molecule has 2 rings (SSSR count). The lowest BCUT2D eigenvalue weighted by atomic mass is 10.1. The number of non-ortho nitro benzene ring substituents is 1. The van der Waals surface area contributed by atoms with Gasteiger partial charge in [-0.25, -0.2) is 4.98 Å². The molecule has 0 aliphatic carbocycles. The second kappa shape index (κ2) is 6.29. The van der Waals surface area contributed by atoms with E-state index >= 15 is 0 Å². The van der Waals surface area contributed by atoms with Gasteiger partial charge < -0.3 is 10.7 Å². The van der Waals surface area contributed by atoms with E-state index < -0.39 is 10.8 Å². The average Bonchev–Trinajstić information content (AvgIpc) is 2.89. The van der Waals surface area contributed by atoms with Crippen LogP contribution in [0, 0.1) is 17.0 Å². The van der Waals surface area contributed by atoms with E-state index in [0.29, 0.717) is 5.69 Å². The first kappa shape index (κ1) is 14.9. The number of anilines is 1. The van der Waals surface area contributed by atoms with Crippen molar-refractivity contribution in [1.29, 1.82) is 0 Å². The van der Waals surface area contributed by atoms with Gasteiger partial charge in [0.05, 0.1) is 22.7 Å². The number of thiazole rings is 1. The summed E-state index contributed by atoms with van der Waals surface area (Å²) in [6.45, 7) is 2.11. The molecule has 0 aliphatic rings. The summed E-state index contributed by atoms with van der Waals surface area (Å²) in [5.74, 6) is 4.86. The van der Waals surface area contributed by atoms with E-state index in [9.17, 15) is 14.9 Å². The van der Waals surface area contributed by atoms with Crippen molar-refractivity contribution >= 4 is 28.6 Å². The van der Waals surface area contributed by atoms with Crippen molar-refractivity contribution in [3.05, 3.63) is 50.0 Å². The van der Waals surface area contributed by atoms with Gasteiger partial charge in [0.2, 0.25) is 0 Å². The summed E-state index contributed by atoms with van der Waals surface area (Å²) in [5, 5.41) is 16.1. The van der Waals surface area contributed by atoms with Gasteiger partial charge in [0.25, 0.3) is 11.6 Å². The number of hydrogen-bond acceptors (Lipinski definition) is 7. The zero-order valence-electron chi connectivity index (χ0n) is 11.1. The van der Waals surface area contributed by atoms with Gasteiger partial charge in [-0.2, -0.15) is 0 Å². The quantitative estimate of drug-likeness (QED) is 0.438. The number of carbonyl (C=O) groups is 1. The van der Waals surface area contributed by atoms with Gasteiger partial charge in [0.15, 0.2) is 0 Å². The van der Waals surface area contributed by atoms with Crippen molar-refractivity contribution in [2.75, 3.05) is 5.43 Å². The van der Waals surface area contributed by atoms with Gasteiger partial charge in [0.1, 0.15) is 5.01 Å². The lowest BCUT2D eigenvalue weighted by Crippen LogP contribution is -2.25. The van der Waals surface area contributed by atoms with Crippen LogP contribution in [0.3, 0.4) is 0 Å². The summed E-state index contributed by atoms with van der Waals surface area (Å²) < 4.78 is 0. The summed E-state index contributed by atoms with van der Waals surface area (Å²) in [6.07, 6.45) is 0. The first-order chi connectivity index (χ1) is 10.0. The van der Waals surface area contributed by atoms with Gasteiger partial charge in [-0.3, -0.25) is 20.8 Å². The van der Waals surface area contributed by atoms with E-state index in [2.05, 4.69) is 15.7 Å². The Bertz CT molecular complexity index is 685. The number of nitrogens with zero attached hydrogens (tertiary/aromatic N) is 2. The zero-order valence-corrected chi connectivity index (χ0v) is 11.9. The third kappa shape index (κ3) is 3.52. The maximum atomic E-state index is 12.1. The van der Waals surface area contributed by atoms with Crippen molar-refractivity contribution < 1.29 is 9.72 Å². The lowest BCUT2D eigenvalue weighted by Gasteiger charge is -2.08. The molecule has 21 heavy (non-hydrogen) atoms. The summed E-state index contributed by atoms with van der Waals surface area (Å²) in [7, 11) is 0. The van der Waals surface area contributed by atoms with Crippen LogP contribution in [0.5, 0.6) is 0 Å². The highest BCUT2D eigenvalue weighted by molar-refractivity contribution is 7.09. The Morgan fingerprint density at radius 2 is 2.29 bits per heavy atom. The lowest BCUT2D eigenvalue weighted by molar-refractivity contribution is -0.384. The molecule has 110 valence electrons. The highest BCUT2D eigenvalue weighted by Crippen LogP contribution is 2.21. The molecule has 8 nitrogen and oxygen atoms in total. The van der Waals surface area contributed by atoms with E-state index in [1.165, 1.54) is 29.5 Å². The molecule has 1 heterocycles. The fourth-order valence-electron chi connectivity index (χ4n) is 1.69. The van der Waals surface area contributed by atoms with Crippen LogP contribution in [0.2, 0.25) is 0 Å². The van der Waals surface area contributed by atoms with Crippen LogP contribution < -0.4 is 16.6 Å². The molecule has 0 saturated heterocycles. The van der Waals surface area contributed by atoms with Crippen LogP contribution in [0.25, 0.3) is 0 Å². The minimum Gasteiger partial charge on any atom is -0.345 e. The topological polar surface area (TPSA) is 123 Å². The van der Waals surface area contributed by atoms with Gasteiger partial charge in [-0.05, 0) is 13.0 Å². The Kier molecular flexibility index (Phi) is 4.45. The Morgan fingerprint density at radius 1 is 1.52 bits per heavy atom. The number of carbonyl (C=O) groups excluding carboxylic acids is 1. The van der Waals surface area contributed by atoms with Crippen molar-refractivity contribution in [3.8, 4) is 0 Å². The predicted octanol–water partition coefficient (Wildman–Crippen LogP) is 1.58. The maximum absolute atomic E-state index is 12.1. The van der Waals surface area contributed by atoms with Crippen LogP contribution in [-0.4, -0.2) is 15.8 Å². The van der Waals surface area contributed by atoms with Crippen LogP contribution in [0.15, 0.2) is 23.6 Å². The molecule has 0 saturated carbocycles. The van der Waals surface area contributed by atoms with E-state index in [4.69, 9.17) is 5.84 Å². The van der Waals surface area contributed by atoms with Gasteiger partial charge in [-0.1, -0.05) is 0 Å². The zero-order chi connectivity index (χ0) is 15.4. The standard InChI is InChI=1S/C12H13N5O3S/c1-7-6-21-11(15-7)5-14-12(18)9-4-8(17(19)20)2-3-10(9)16-13/h2-4,6,16H,5,13H2,1H3,(H,14,18). The van der Waals surface area contributed by atoms with E-state index in [1.807, 2.05) is 12.3 Å². The molecular weight excluding hydrogens is 294 g/mol. The number of benzene rings is 1. The number of nitrogen functional groups attached to an aromatic ring is 1. The maximum Gasteiger partial charge on any atom is 0.270 e. The Hall–Kier alpha value is -2.52. The van der Waals surface area contributed by atoms with E-state index in [-0.39, 0.29) is 17.8 Å². The number of nitro benzene ring substituents is 1. The van der Waals surface area contributed by atoms with Crippen molar-refractivity contribution in [1.82, 2.24) is 10.3 Å². The molecule has 0 unspecified atom stereocenters. The minimum absolute atomic E-state index is 0.111. The summed E-state index contributed by atoms with van der Waals surface area (Å²) in [5.41, 5.74) is 3.47. The number of amides is 1. The number of hydrazine groups is 1. The smallest absolute Gasteiger partial charge is 0.270 e. The highest BCUT2D eigenvalue weighted by atomic mass is 32.1. The summed E-state index contributed by atoms with van der Waals surface area (Å²) in [4.78, 5) is 26.6.